The van der Waals surface area contributed by atoms with Gasteiger partial charge in [-0.25, -0.2) is 0 Å². The van der Waals surface area contributed by atoms with Crippen molar-refractivity contribution in [2.45, 2.75) is 19.3 Å². The lowest BCUT2D eigenvalue weighted by Crippen LogP contribution is -2.53. The van der Waals surface area contributed by atoms with E-state index < -0.39 is 0 Å². The maximum absolute atomic E-state index is 5.62. The van der Waals surface area contributed by atoms with Gasteiger partial charge in [0.1, 0.15) is 11.5 Å². The van der Waals surface area contributed by atoms with E-state index in [0.717, 1.165) is 43.4 Å². The molecular formula is C15H23NO3. The molecule has 0 aliphatic carbocycles. The highest BCUT2D eigenvalue weighted by atomic mass is 16.5. The van der Waals surface area contributed by atoms with Crippen LogP contribution in [0.15, 0.2) is 12.1 Å². The number of hydrogen-bond acceptors (Lipinski definition) is 4. The van der Waals surface area contributed by atoms with E-state index in [0.29, 0.717) is 0 Å². The summed E-state index contributed by atoms with van der Waals surface area (Å²) < 4.78 is 16.4. The van der Waals surface area contributed by atoms with Crippen LogP contribution in [0.3, 0.4) is 0 Å². The molecule has 0 aromatic heterocycles. The molecule has 1 aromatic rings. The van der Waals surface area contributed by atoms with Crippen LogP contribution < -0.4 is 14.8 Å². The quantitative estimate of drug-likeness (QED) is 0.852. The van der Waals surface area contributed by atoms with Gasteiger partial charge in [0.25, 0.3) is 0 Å². The molecule has 0 amide bonds. The van der Waals surface area contributed by atoms with Gasteiger partial charge in [-0.15, -0.1) is 0 Å². The molecule has 4 heteroatoms. The van der Waals surface area contributed by atoms with Crippen molar-refractivity contribution < 1.29 is 14.2 Å². The Kier molecular flexibility index (Phi) is 4.32. The molecule has 1 aliphatic rings. The molecule has 1 fully saturated rings. The van der Waals surface area contributed by atoms with E-state index in [9.17, 15) is 0 Å². The number of methoxy groups -OCH3 is 2. The van der Waals surface area contributed by atoms with Crippen LogP contribution in [0, 0.1) is 6.92 Å². The van der Waals surface area contributed by atoms with Gasteiger partial charge in [0.2, 0.25) is 0 Å². The first-order valence-electron chi connectivity index (χ1n) is 6.69. The second-order valence-corrected chi connectivity index (χ2v) is 5.03. The van der Waals surface area contributed by atoms with Gasteiger partial charge < -0.3 is 19.5 Å². The van der Waals surface area contributed by atoms with E-state index in [-0.39, 0.29) is 5.41 Å². The summed E-state index contributed by atoms with van der Waals surface area (Å²) in [5.41, 5.74) is 2.28. The minimum atomic E-state index is 0.0262. The molecule has 0 unspecified atom stereocenters. The first kappa shape index (κ1) is 14.2. The normalized spacial score (nSPS) is 16.8. The molecule has 1 heterocycles. The fourth-order valence-corrected chi connectivity index (χ4v) is 2.64. The maximum Gasteiger partial charge on any atom is 0.129 e. The van der Waals surface area contributed by atoms with E-state index in [1.165, 1.54) is 5.56 Å². The highest BCUT2D eigenvalue weighted by Crippen LogP contribution is 2.41. The Hall–Kier alpha value is -1.26. The maximum atomic E-state index is 5.62. The molecule has 4 nitrogen and oxygen atoms in total. The van der Waals surface area contributed by atoms with Crippen molar-refractivity contribution in [2.75, 3.05) is 40.5 Å². The number of ether oxygens (including phenoxy) is 3. The van der Waals surface area contributed by atoms with Crippen molar-refractivity contribution in [3.05, 3.63) is 23.3 Å². The summed E-state index contributed by atoms with van der Waals surface area (Å²) in [6, 6.07) is 4.11. The lowest BCUT2D eigenvalue weighted by molar-refractivity contribution is -0.0597. The number of likely N-dealkylation sites (N-methyl/N-ethyl adjacent to an activating group) is 1. The summed E-state index contributed by atoms with van der Waals surface area (Å²) in [6.07, 6.45) is 0. The topological polar surface area (TPSA) is 39.7 Å². The van der Waals surface area contributed by atoms with Gasteiger partial charge in [0.05, 0.1) is 32.8 Å². The van der Waals surface area contributed by atoms with Crippen LogP contribution >= 0.6 is 0 Å². The van der Waals surface area contributed by atoms with E-state index in [1.54, 1.807) is 14.2 Å². The lowest BCUT2D eigenvalue weighted by atomic mass is 9.77. The summed E-state index contributed by atoms with van der Waals surface area (Å²) in [4.78, 5) is 0. The number of rotatable bonds is 6. The summed E-state index contributed by atoms with van der Waals surface area (Å²) in [5.74, 6) is 1.78. The molecule has 1 aliphatic heterocycles. The zero-order chi connectivity index (χ0) is 13.9. The van der Waals surface area contributed by atoms with Crippen molar-refractivity contribution >= 4 is 0 Å². The van der Waals surface area contributed by atoms with Crippen molar-refractivity contribution in [3.63, 3.8) is 0 Å². The number of nitrogens with one attached hydrogen (secondary N) is 1. The molecule has 1 aromatic carbocycles. The molecule has 2 rings (SSSR count). The number of hydrogen-bond donors (Lipinski definition) is 1. The monoisotopic (exact) mass is 265 g/mol. The van der Waals surface area contributed by atoms with Crippen molar-refractivity contribution in [2.24, 2.45) is 0 Å². The Balaban J connectivity index is 2.40. The molecular weight excluding hydrogens is 242 g/mol. The molecule has 0 bridgehead atoms. The Labute approximate surface area is 115 Å². The second kappa shape index (κ2) is 5.80. The van der Waals surface area contributed by atoms with Gasteiger partial charge in [-0.1, -0.05) is 13.0 Å². The van der Waals surface area contributed by atoms with Gasteiger partial charge in [-0.05, 0) is 19.5 Å². The smallest absolute Gasteiger partial charge is 0.129 e. The largest absolute Gasteiger partial charge is 0.496 e. The van der Waals surface area contributed by atoms with Crippen LogP contribution in [0.4, 0.5) is 0 Å². The third-order valence-electron chi connectivity index (χ3n) is 3.82. The predicted octanol–water partition coefficient (Wildman–Crippen LogP) is 1.89. The van der Waals surface area contributed by atoms with Crippen molar-refractivity contribution in [3.8, 4) is 11.5 Å². The molecule has 106 valence electrons. The Morgan fingerprint density at radius 2 is 2.00 bits per heavy atom. The third-order valence-corrected chi connectivity index (χ3v) is 3.82. The third kappa shape index (κ3) is 2.42. The number of benzene rings is 1. The first-order valence-corrected chi connectivity index (χ1v) is 6.69. The molecule has 19 heavy (non-hydrogen) atoms. The van der Waals surface area contributed by atoms with Crippen molar-refractivity contribution in [1.29, 1.82) is 0 Å². The van der Waals surface area contributed by atoms with E-state index in [2.05, 4.69) is 18.3 Å². The highest BCUT2D eigenvalue weighted by molar-refractivity contribution is 5.53. The van der Waals surface area contributed by atoms with Crippen LogP contribution in [0.5, 0.6) is 11.5 Å². The molecule has 1 saturated heterocycles. The second-order valence-electron chi connectivity index (χ2n) is 5.03. The zero-order valence-corrected chi connectivity index (χ0v) is 12.2. The highest BCUT2D eigenvalue weighted by Gasteiger charge is 2.42. The summed E-state index contributed by atoms with van der Waals surface area (Å²) in [6.45, 7) is 7.49. The molecule has 0 radical (unpaired) electrons. The summed E-state index contributed by atoms with van der Waals surface area (Å²) in [5, 5.41) is 3.42. The van der Waals surface area contributed by atoms with E-state index in [4.69, 9.17) is 14.2 Å². The lowest BCUT2D eigenvalue weighted by Gasteiger charge is -2.43. The molecule has 1 N–H and O–H groups in total. The van der Waals surface area contributed by atoms with E-state index >= 15 is 0 Å². The average molecular weight is 265 g/mol. The van der Waals surface area contributed by atoms with Crippen LogP contribution in [-0.4, -0.2) is 40.5 Å². The summed E-state index contributed by atoms with van der Waals surface area (Å²) >= 11 is 0. The van der Waals surface area contributed by atoms with Crippen LogP contribution in [0.25, 0.3) is 0 Å². The minimum Gasteiger partial charge on any atom is -0.496 e. The SMILES string of the molecule is CCNCC1(c2ccc(OC)c(C)c2OC)COC1. The summed E-state index contributed by atoms with van der Waals surface area (Å²) in [7, 11) is 3.40. The molecule has 0 atom stereocenters. The van der Waals surface area contributed by atoms with Gasteiger partial charge in [0, 0.05) is 17.7 Å². The minimum absolute atomic E-state index is 0.0262. The Bertz CT molecular complexity index is 441. The van der Waals surface area contributed by atoms with Gasteiger partial charge in [-0.3, -0.25) is 0 Å². The first-order chi connectivity index (χ1) is 9.18. The van der Waals surface area contributed by atoms with Gasteiger partial charge >= 0.3 is 0 Å². The molecule has 0 spiro atoms. The van der Waals surface area contributed by atoms with Crippen LogP contribution in [0.2, 0.25) is 0 Å². The molecule has 0 saturated carbocycles. The van der Waals surface area contributed by atoms with Crippen LogP contribution in [-0.2, 0) is 10.2 Å². The van der Waals surface area contributed by atoms with Gasteiger partial charge in [-0.2, -0.15) is 0 Å². The Morgan fingerprint density at radius 3 is 2.47 bits per heavy atom. The fraction of sp³-hybridized carbons (Fsp3) is 0.600. The van der Waals surface area contributed by atoms with Crippen molar-refractivity contribution in [1.82, 2.24) is 5.32 Å². The average Bonchev–Trinajstić information content (AvgIpc) is 2.38. The predicted molar refractivity (Wildman–Crippen MR) is 75.3 cm³/mol. The Morgan fingerprint density at radius 1 is 1.26 bits per heavy atom. The van der Waals surface area contributed by atoms with Crippen LogP contribution in [0.1, 0.15) is 18.1 Å². The van der Waals surface area contributed by atoms with Gasteiger partial charge in [0.15, 0.2) is 0 Å². The zero-order valence-electron chi connectivity index (χ0n) is 12.2. The fourth-order valence-electron chi connectivity index (χ4n) is 2.64. The van der Waals surface area contributed by atoms with E-state index in [1.807, 2.05) is 13.0 Å². The standard InChI is InChI=1S/C15H23NO3/c1-5-16-8-15(9-19-10-15)12-6-7-13(17-3)11(2)14(12)18-4/h6-7,16H,5,8-10H2,1-4H3.